The van der Waals surface area contributed by atoms with Gasteiger partial charge < -0.3 is 19.1 Å². The molecular formula is C21H25NO5. The Balaban J connectivity index is 1.53. The van der Waals surface area contributed by atoms with Gasteiger partial charge >= 0.3 is 5.97 Å². The molecule has 144 valence electrons. The van der Waals surface area contributed by atoms with E-state index in [2.05, 4.69) is 5.16 Å². The van der Waals surface area contributed by atoms with Crippen molar-refractivity contribution in [2.75, 3.05) is 6.61 Å². The molecule has 27 heavy (non-hydrogen) atoms. The average Bonchev–Trinajstić information content (AvgIpc) is 3.03. The molecule has 0 radical (unpaired) electrons. The van der Waals surface area contributed by atoms with E-state index < -0.39 is 5.60 Å². The number of aliphatic hydroxyl groups is 1. The second-order valence-electron chi connectivity index (χ2n) is 7.51. The van der Waals surface area contributed by atoms with Crippen molar-refractivity contribution in [2.45, 2.75) is 51.7 Å². The first kappa shape index (κ1) is 18.0. The minimum atomic E-state index is -0.435. The molecule has 6 heteroatoms. The first-order valence-corrected chi connectivity index (χ1v) is 9.60. The smallest absolute Gasteiger partial charge is 0.313 e. The molecule has 2 aromatic rings. The Bertz CT molecular complexity index is 824. The lowest BCUT2D eigenvalue weighted by Gasteiger charge is -2.56. The number of aliphatic hydroxyl groups excluding tert-OH is 1. The number of nitrogens with zero attached hydrogens (tertiary/aromatic N) is 1. The van der Waals surface area contributed by atoms with Gasteiger partial charge in [0.2, 0.25) is 0 Å². The summed E-state index contributed by atoms with van der Waals surface area (Å²) >= 11 is 0. The van der Waals surface area contributed by atoms with Crippen LogP contribution in [-0.2, 0) is 16.1 Å². The van der Waals surface area contributed by atoms with Crippen LogP contribution in [0.15, 0.2) is 28.8 Å². The van der Waals surface area contributed by atoms with Gasteiger partial charge in [-0.05, 0) is 69.7 Å². The first-order valence-electron chi connectivity index (χ1n) is 9.60. The van der Waals surface area contributed by atoms with Crippen molar-refractivity contribution in [2.24, 2.45) is 11.8 Å². The standard InChI is InChI=1S/C21H25NO5/c1-3-25-20(24)18-15-5-4-10-21(18,11-15)26-16-8-6-14(7-9-16)19-17(12-23)13(2)22-27-19/h6-9,15,18,23H,3-5,10-12H2,1-2H3. The molecule has 0 spiro atoms. The van der Waals surface area contributed by atoms with Crippen LogP contribution in [0.1, 0.15) is 43.9 Å². The van der Waals surface area contributed by atoms with E-state index in [-0.39, 0.29) is 18.5 Å². The summed E-state index contributed by atoms with van der Waals surface area (Å²) in [6.07, 6.45) is 3.94. The van der Waals surface area contributed by atoms with E-state index in [0.717, 1.165) is 37.0 Å². The summed E-state index contributed by atoms with van der Waals surface area (Å²) in [4.78, 5) is 12.4. The predicted molar refractivity (Wildman–Crippen MR) is 98.0 cm³/mol. The second-order valence-corrected chi connectivity index (χ2v) is 7.51. The van der Waals surface area contributed by atoms with Crippen LogP contribution >= 0.6 is 0 Å². The predicted octanol–water partition coefficient (Wildman–Crippen LogP) is 3.64. The molecule has 5 rings (SSSR count). The highest BCUT2D eigenvalue weighted by molar-refractivity contribution is 5.76. The number of hydrogen-bond donors (Lipinski definition) is 1. The van der Waals surface area contributed by atoms with Gasteiger partial charge in [0.25, 0.3) is 0 Å². The minimum absolute atomic E-state index is 0.116. The number of hydrogen-bond acceptors (Lipinski definition) is 6. The number of rotatable bonds is 6. The summed E-state index contributed by atoms with van der Waals surface area (Å²) in [5.41, 5.74) is 1.78. The fourth-order valence-electron chi connectivity index (χ4n) is 4.65. The first-order chi connectivity index (χ1) is 13.1. The molecule has 1 heterocycles. The van der Waals surface area contributed by atoms with Crippen molar-refractivity contribution in [1.29, 1.82) is 0 Å². The quantitative estimate of drug-likeness (QED) is 0.781. The molecular weight excluding hydrogens is 346 g/mol. The van der Waals surface area contributed by atoms with E-state index in [1.807, 2.05) is 31.2 Å². The molecule has 3 unspecified atom stereocenters. The molecule has 1 aromatic carbocycles. The lowest BCUT2D eigenvalue weighted by atomic mass is 9.53. The lowest BCUT2D eigenvalue weighted by molar-refractivity contribution is -0.192. The summed E-state index contributed by atoms with van der Waals surface area (Å²) < 4.78 is 17.0. The van der Waals surface area contributed by atoms with Gasteiger partial charge in [0, 0.05) is 11.1 Å². The Kier molecular flexibility index (Phi) is 4.68. The Morgan fingerprint density at radius 3 is 2.81 bits per heavy atom. The maximum atomic E-state index is 12.4. The summed E-state index contributed by atoms with van der Waals surface area (Å²) in [5, 5.41) is 13.4. The number of benzene rings is 1. The van der Waals surface area contributed by atoms with E-state index in [9.17, 15) is 9.90 Å². The van der Waals surface area contributed by atoms with Gasteiger partial charge in [-0.3, -0.25) is 4.79 Å². The molecule has 0 saturated heterocycles. The highest BCUT2D eigenvalue weighted by Gasteiger charge is 2.62. The van der Waals surface area contributed by atoms with Crippen molar-refractivity contribution in [1.82, 2.24) is 5.16 Å². The van der Waals surface area contributed by atoms with Gasteiger partial charge in [0.15, 0.2) is 5.76 Å². The van der Waals surface area contributed by atoms with Crippen molar-refractivity contribution < 1.29 is 23.9 Å². The molecule has 3 saturated carbocycles. The van der Waals surface area contributed by atoms with Crippen LogP contribution in [0.3, 0.4) is 0 Å². The summed E-state index contributed by atoms with van der Waals surface area (Å²) in [6.45, 7) is 3.93. The highest BCUT2D eigenvalue weighted by atomic mass is 16.5. The molecule has 1 aromatic heterocycles. The molecule has 0 aliphatic heterocycles. The number of ether oxygens (including phenoxy) is 2. The maximum absolute atomic E-state index is 12.4. The van der Waals surface area contributed by atoms with E-state index >= 15 is 0 Å². The monoisotopic (exact) mass is 371 g/mol. The number of esters is 1. The second kappa shape index (κ2) is 7.00. The van der Waals surface area contributed by atoms with Crippen LogP contribution < -0.4 is 4.74 Å². The van der Waals surface area contributed by atoms with E-state index in [1.165, 1.54) is 0 Å². The Hall–Kier alpha value is -2.34. The van der Waals surface area contributed by atoms with Crippen molar-refractivity contribution in [3.8, 4) is 17.1 Å². The maximum Gasteiger partial charge on any atom is 0.313 e. The molecule has 0 amide bonds. The zero-order chi connectivity index (χ0) is 19.0. The summed E-state index contributed by atoms with van der Waals surface area (Å²) in [6, 6.07) is 7.55. The molecule has 3 aliphatic rings. The molecule has 2 bridgehead atoms. The third-order valence-electron chi connectivity index (χ3n) is 5.94. The van der Waals surface area contributed by atoms with E-state index in [0.29, 0.717) is 29.5 Å². The number of fused-ring (bicyclic) bond motifs is 2. The fourth-order valence-corrected chi connectivity index (χ4v) is 4.65. The van der Waals surface area contributed by atoms with Gasteiger partial charge in [-0.15, -0.1) is 0 Å². The Morgan fingerprint density at radius 1 is 1.37 bits per heavy atom. The minimum Gasteiger partial charge on any atom is -0.486 e. The van der Waals surface area contributed by atoms with E-state index in [4.69, 9.17) is 14.0 Å². The van der Waals surface area contributed by atoms with Crippen LogP contribution in [0, 0.1) is 18.8 Å². The van der Waals surface area contributed by atoms with Gasteiger partial charge in [0.05, 0.1) is 24.8 Å². The zero-order valence-corrected chi connectivity index (χ0v) is 15.7. The zero-order valence-electron chi connectivity index (χ0n) is 15.7. The molecule has 1 N–H and O–H groups in total. The van der Waals surface area contributed by atoms with Crippen LogP contribution in [0.4, 0.5) is 0 Å². The Morgan fingerprint density at radius 2 is 2.15 bits per heavy atom. The van der Waals surface area contributed by atoms with E-state index in [1.54, 1.807) is 6.92 Å². The topological polar surface area (TPSA) is 81.8 Å². The third-order valence-corrected chi connectivity index (χ3v) is 5.94. The lowest BCUT2D eigenvalue weighted by Crippen LogP contribution is -2.63. The van der Waals surface area contributed by atoms with Crippen molar-refractivity contribution in [3.05, 3.63) is 35.5 Å². The molecule has 3 aliphatic carbocycles. The average molecular weight is 371 g/mol. The van der Waals surface area contributed by atoms with Gasteiger partial charge in [-0.2, -0.15) is 0 Å². The third kappa shape index (κ3) is 3.02. The number of carbonyl (C=O) groups is 1. The number of aryl methyl sites for hydroxylation is 1. The van der Waals surface area contributed by atoms with Gasteiger partial charge in [-0.1, -0.05) is 5.16 Å². The van der Waals surface area contributed by atoms with Crippen molar-refractivity contribution >= 4 is 5.97 Å². The van der Waals surface area contributed by atoms with Gasteiger partial charge in [0.1, 0.15) is 11.4 Å². The molecule has 3 atom stereocenters. The van der Waals surface area contributed by atoms with Crippen molar-refractivity contribution in [3.63, 3.8) is 0 Å². The normalized spacial score (nSPS) is 26.3. The number of aromatic nitrogens is 1. The summed E-state index contributed by atoms with van der Waals surface area (Å²) in [5.74, 6) is 1.39. The SMILES string of the molecule is CCOC(=O)C1C2CCCC1(Oc1ccc(-c3onc(C)c3CO)cc1)C2. The fraction of sp³-hybridized carbons (Fsp3) is 0.524. The Labute approximate surface area is 158 Å². The summed E-state index contributed by atoms with van der Waals surface area (Å²) in [7, 11) is 0. The van der Waals surface area contributed by atoms with Crippen LogP contribution in [-0.4, -0.2) is 28.4 Å². The number of carbonyl (C=O) groups excluding carboxylic acids is 1. The molecule has 3 fully saturated rings. The van der Waals surface area contributed by atoms with Crippen LogP contribution in [0.5, 0.6) is 5.75 Å². The largest absolute Gasteiger partial charge is 0.486 e. The van der Waals surface area contributed by atoms with Crippen LogP contribution in [0.2, 0.25) is 0 Å². The highest BCUT2D eigenvalue weighted by Crippen LogP contribution is 2.56. The molecule has 6 nitrogen and oxygen atoms in total. The van der Waals surface area contributed by atoms with Crippen LogP contribution in [0.25, 0.3) is 11.3 Å². The van der Waals surface area contributed by atoms with Gasteiger partial charge in [-0.25, -0.2) is 0 Å².